The van der Waals surface area contributed by atoms with Crippen molar-refractivity contribution in [2.24, 2.45) is 0 Å². The lowest BCUT2D eigenvalue weighted by Gasteiger charge is -2.17. The number of aliphatic hydroxyl groups excluding tert-OH is 2. The summed E-state index contributed by atoms with van der Waals surface area (Å²) in [5, 5.41) is 19.8. The standard InChI is InChI=1S/C19H23NO6/c1-11-5-3-7-15(21)18(23)16(22)8-4-6-12-9-13(25-2)10-14(20)17(12)19(24)26-11/h3-4,6-7,9-11,16,18,22-23H,5,8,20H2,1-2H3/b6-4+,7-3-. The second-order valence-electron chi connectivity index (χ2n) is 6.09. The van der Waals surface area contributed by atoms with Gasteiger partial charge in [0.1, 0.15) is 18.0 Å². The molecule has 0 aromatic heterocycles. The van der Waals surface area contributed by atoms with Gasteiger partial charge in [-0.1, -0.05) is 18.2 Å². The highest BCUT2D eigenvalue weighted by molar-refractivity contribution is 5.99. The highest BCUT2D eigenvalue weighted by Gasteiger charge is 2.23. The summed E-state index contributed by atoms with van der Waals surface area (Å²) in [6, 6.07) is 3.15. The van der Waals surface area contributed by atoms with Crippen LogP contribution in [0.5, 0.6) is 5.75 Å². The number of carbonyl (C=O) groups excluding carboxylic acids is 2. The van der Waals surface area contributed by atoms with Crippen molar-refractivity contribution in [3.63, 3.8) is 0 Å². The van der Waals surface area contributed by atoms with Crippen molar-refractivity contribution in [3.05, 3.63) is 41.5 Å². The van der Waals surface area contributed by atoms with Gasteiger partial charge in [0.25, 0.3) is 0 Å². The molecule has 0 amide bonds. The van der Waals surface area contributed by atoms with E-state index in [-0.39, 0.29) is 24.1 Å². The predicted molar refractivity (Wildman–Crippen MR) is 96.7 cm³/mol. The number of aliphatic hydroxyl groups is 2. The normalized spacial score (nSPS) is 27.0. The number of rotatable bonds is 1. The molecule has 0 aliphatic carbocycles. The number of esters is 1. The minimum atomic E-state index is -1.52. The number of nitrogens with two attached hydrogens (primary N) is 1. The molecular formula is C19H23NO6. The molecule has 3 atom stereocenters. The van der Waals surface area contributed by atoms with Crippen LogP contribution >= 0.6 is 0 Å². The van der Waals surface area contributed by atoms with Crippen molar-refractivity contribution in [2.45, 2.75) is 38.1 Å². The van der Waals surface area contributed by atoms with E-state index >= 15 is 0 Å². The van der Waals surface area contributed by atoms with Crippen molar-refractivity contribution >= 4 is 23.5 Å². The van der Waals surface area contributed by atoms with Gasteiger partial charge >= 0.3 is 5.97 Å². The molecule has 7 heteroatoms. The Balaban J connectivity index is 2.45. The molecule has 0 saturated heterocycles. The molecule has 2 rings (SSSR count). The second-order valence-corrected chi connectivity index (χ2v) is 6.09. The first-order chi connectivity index (χ1) is 12.3. The van der Waals surface area contributed by atoms with Gasteiger partial charge in [-0.05, 0) is 31.1 Å². The second kappa shape index (κ2) is 8.64. The van der Waals surface area contributed by atoms with E-state index in [0.717, 1.165) is 0 Å². The monoisotopic (exact) mass is 361 g/mol. The quantitative estimate of drug-likeness (QED) is 0.512. The molecule has 1 aromatic rings. The number of nitrogen functional groups attached to an aromatic ring is 1. The van der Waals surface area contributed by atoms with E-state index in [1.807, 2.05) is 0 Å². The number of methoxy groups -OCH3 is 1. The number of carbonyl (C=O) groups is 2. The summed E-state index contributed by atoms with van der Waals surface area (Å²) in [4.78, 5) is 24.4. The van der Waals surface area contributed by atoms with Crippen molar-refractivity contribution in [1.29, 1.82) is 0 Å². The van der Waals surface area contributed by atoms with Gasteiger partial charge in [-0.25, -0.2) is 4.79 Å². The average Bonchev–Trinajstić information content (AvgIpc) is 2.59. The molecule has 0 fully saturated rings. The SMILES string of the molecule is COc1cc(N)c2c(c1)/C=C/CC(O)C(O)C(=O)/C=C\CC(C)OC2=O. The summed E-state index contributed by atoms with van der Waals surface area (Å²) in [7, 11) is 1.48. The Morgan fingerprint density at radius 3 is 2.54 bits per heavy atom. The maximum absolute atomic E-state index is 12.5. The van der Waals surface area contributed by atoms with Gasteiger partial charge < -0.3 is 25.4 Å². The number of benzene rings is 1. The molecule has 1 heterocycles. The summed E-state index contributed by atoms with van der Waals surface area (Å²) in [5.41, 5.74) is 6.86. The third kappa shape index (κ3) is 4.71. The number of anilines is 1. The third-order valence-corrected chi connectivity index (χ3v) is 4.00. The Morgan fingerprint density at radius 2 is 1.85 bits per heavy atom. The van der Waals surface area contributed by atoms with Gasteiger partial charge in [0.15, 0.2) is 5.78 Å². The fourth-order valence-electron chi connectivity index (χ4n) is 2.56. The molecule has 7 nitrogen and oxygen atoms in total. The summed E-state index contributed by atoms with van der Waals surface area (Å²) in [6.45, 7) is 1.68. The Labute approximate surface area is 151 Å². The Morgan fingerprint density at radius 1 is 1.15 bits per heavy atom. The van der Waals surface area contributed by atoms with Gasteiger partial charge in [-0.3, -0.25) is 4.79 Å². The van der Waals surface area contributed by atoms with Crippen LogP contribution in [0.3, 0.4) is 0 Å². The molecule has 140 valence electrons. The Bertz CT molecular complexity index is 740. The first-order valence-corrected chi connectivity index (χ1v) is 8.25. The van der Waals surface area contributed by atoms with E-state index in [1.54, 1.807) is 25.1 Å². The molecular weight excluding hydrogens is 338 g/mol. The lowest BCUT2D eigenvalue weighted by Crippen LogP contribution is -2.32. The maximum Gasteiger partial charge on any atom is 0.341 e. The Hall–Kier alpha value is -2.64. The number of ether oxygens (including phenoxy) is 2. The van der Waals surface area contributed by atoms with Crippen LogP contribution in [0.2, 0.25) is 0 Å². The number of fused-ring (bicyclic) bond motifs is 1. The summed E-state index contributed by atoms with van der Waals surface area (Å²) < 4.78 is 10.6. The third-order valence-electron chi connectivity index (χ3n) is 4.00. The van der Waals surface area contributed by atoms with Crippen LogP contribution < -0.4 is 10.5 Å². The summed E-state index contributed by atoms with van der Waals surface area (Å²) in [5.74, 6) is -0.728. The largest absolute Gasteiger partial charge is 0.497 e. The molecule has 0 spiro atoms. The number of cyclic esters (lactones) is 1. The van der Waals surface area contributed by atoms with Crippen LogP contribution in [0.15, 0.2) is 30.4 Å². The number of hydrogen-bond acceptors (Lipinski definition) is 7. The topological polar surface area (TPSA) is 119 Å². The molecule has 1 aromatic carbocycles. The zero-order valence-electron chi connectivity index (χ0n) is 14.7. The zero-order valence-corrected chi connectivity index (χ0v) is 14.7. The van der Waals surface area contributed by atoms with Gasteiger partial charge in [-0.2, -0.15) is 0 Å². The molecule has 1 aliphatic heterocycles. The molecule has 3 unspecified atom stereocenters. The van der Waals surface area contributed by atoms with Gasteiger partial charge in [0.05, 0.1) is 24.5 Å². The molecule has 1 aliphatic rings. The van der Waals surface area contributed by atoms with Gasteiger partial charge in [-0.15, -0.1) is 0 Å². The van der Waals surface area contributed by atoms with E-state index in [0.29, 0.717) is 11.3 Å². The highest BCUT2D eigenvalue weighted by atomic mass is 16.5. The highest BCUT2D eigenvalue weighted by Crippen LogP contribution is 2.27. The van der Waals surface area contributed by atoms with E-state index in [1.165, 1.54) is 25.3 Å². The first kappa shape index (κ1) is 19.7. The molecule has 0 bridgehead atoms. The molecule has 0 saturated carbocycles. The lowest BCUT2D eigenvalue weighted by atomic mass is 10.0. The van der Waals surface area contributed by atoms with Crippen molar-refractivity contribution < 1.29 is 29.3 Å². The van der Waals surface area contributed by atoms with E-state index < -0.39 is 30.1 Å². The van der Waals surface area contributed by atoms with Crippen LogP contribution in [-0.4, -0.2) is 47.4 Å². The minimum absolute atomic E-state index is 0.0166. The predicted octanol–water partition coefficient (Wildman–Crippen LogP) is 1.48. The van der Waals surface area contributed by atoms with Crippen molar-refractivity contribution in [1.82, 2.24) is 0 Å². The molecule has 26 heavy (non-hydrogen) atoms. The van der Waals surface area contributed by atoms with Gasteiger partial charge in [0, 0.05) is 12.5 Å². The fourth-order valence-corrected chi connectivity index (χ4v) is 2.56. The smallest absolute Gasteiger partial charge is 0.341 e. The maximum atomic E-state index is 12.5. The van der Waals surface area contributed by atoms with E-state index in [4.69, 9.17) is 15.2 Å². The number of ketones is 1. The van der Waals surface area contributed by atoms with Crippen LogP contribution in [0.25, 0.3) is 6.08 Å². The van der Waals surface area contributed by atoms with Crippen LogP contribution in [0.1, 0.15) is 35.7 Å². The zero-order chi connectivity index (χ0) is 19.3. The van der Waals surface area contributed by atoms with Crippen LogP contribution in [-0.2, 0) is 9.53 Å². The Kier molecular flexibility index (Phi) is 6.54. The summed E-state index contributed by atoms with van der Waals surface area (Å²) in [6.07, 6.45) is 2.80. The number of hydrogen-bond donors (Lipinski definition) is 3. The van der Waals surface area contributed by atoms with Crippen molar-refractivity contribution in [2.75, 3.05) is 12.8 Å². The average molecular weight is 361 g/mol. The van der Waals surface area contributed by atoms with E-state index in [9.17, 15) is 19.8 Å². The lowest BCUT2D eigenvalue weighted by molar-refractivity contribution is -0.127. The van der Waals surface area contributed by atoms with Crippen LogP contribution in [0, 0.1) is 0 Å². The van der Waals surface area contributed by atoms with Gasteiger partial charge in [0.2, 0.25) is 0 Å². The van der Waals surface area contributed by atoms with E-state index in [2.05, 4.69) is 0 Å². The first-order valence-electron chi connectivity index (χ1n) is 8.25. The van der Waals surface area contributed by atoms with Crippen molar-refractivity contribution in [3.8, 4) is 5.75 Å². The molecule has 0 radical (unpaired) electrons. The fraction of sp³-hybridized carbons (Fsp3) is 0.368. The summed E-state index contributed by atoms with van der Waals surface area (Å²) >= 11 is 0. The minimum Gasteiger partial charge on any atom is -0.497 e. The van der Waals surface area contributed by atoms with Crippen LogP contribution in [0.4, 0.5) is 5.69 Å². The molecule has 4 N–H and O–H groups in total.